The largest absolute Gasteiger partial charge is 0.496 e. The summed E-state index contributed by atoms with van der Waals surface area (Å²) in [5, 5.41) is 10.2. The van der Waals surface area contributed by atoms with Gasteiger partial charge in [-0.1, -0.05) is 11.6 Å². The van der Waals surface area contributed by atoms with Crippen LogP contribution in [-0.2, 0) is 0 Å². The Morgan fingerprint density at radius 2 is 2.06 bits per heavy atom. The first kappa shape index (κ1) is 12.2. The van der Waals surface area contributed by atoms with E-state index in [-0.39, 0.29) is 0 Å². The van der Waals surface area contributed by atoms with Crippen molar-refractivity contribution in [2.75, 3.05) is 7.11 Å². The van der Waals surface area contributed by atoms with Crippen molar-refractivity contribution in [2.24, 2.45) is 0 Å². The first-order valence-electron chi connectivity index (χ1n) is 5.19. The molecule has 0 fully saturated rings. The van der Waals surface area contributed by atoms with Gasteiger partial charge in [-0.3, -0.25) is 0 Å². The number of aliphatic hydroxyl groups is 1. The van der Waals surface area contributed by atoms with Crippen molar-refractivity contribution in [3.8, 4) is 5.75 Å². The number of hydrogen-bond acceptors (Lipinski definition) is 3. The van der Waals surface area contributed by atoms with E-state index in [4.69, 9.17) is 9.15 Å². The molecule has 0 spiro atoms. The van der Waals surface area contributed by atoms with Crippen molar-refractivity contribution in [3.05, 3.63) is 51.9 Å². The molecule has 0 bridgehead atoms. The van der Waals surface area contributed by atoms with Crippen LogP contribution in [0.3, 0.4) is 0 Å². The molecule has 0 radical (unpaired) electrons. The van der Waals surface area contributed by atoms with Gasteiger partial charge in [0.25, 0.3) is 0 Å². The quantitative estimate of drug-likeness (QED) is 0.943. The summed E-state index contributed by atoms with van der Waals surface area (Å²) in [4.78, 5) is 0. The van der Waals surface area contributed by atoms with E-state index in [1.165, 1.54) is 0 Å². The molecular weight excluding hydrogens is 284 g/mol. The number of methoxy groups -OCH3 is 1. The predicted molar refractivity (Wildman–Crippen MR) is 68.2 cm³/mol. The number of aliphatic hydroxyl groups excluding tert-OH is 1. The fourth-order valence-electron chi connectivity index (χ4n) is 1.70. The van der Waals surface area contributed by atoms with E-state index < -0.39 is 6.10 Å². The number of benzene rings is 1. The van der Waals surface area contributed by atoms with E-state index in [0.29, 0.717) is 21.7 Å². The van der Waals surface area contributed by atoms with Gasteiger partial charge in [0.15, 0.2) is 4.67 Å². The Bertz CT molecular complexity index is 519. The van der Waals surface area contributed by atoms with Crippen LogP contribution in [0.2, 0.25) is 0 Å². The highest BCUT2D eigenvalue weighted by atomic mass is 79.9. The fourth-order valence-corrected chi connectivity index (χ4v) is 2.02. The molecule has 1 aromatic carbocycles. The van der Waals surface area contributed by atoms with Crippen LogP contribution in [-0.4, -0.2) is 12.2 Å². The standard InChI is InChI=1S/C13H13BrO3/c1-8-3-4-10(16-2)9(7-8)13(15)11-5-6-12(14)17-11/h3-7,13,15H,1-2H3. The third-order valence-corrected chi connectivity index (χ3v) is 2.97. The zero-order chi connectivity index (χ0) is 12.4. The molecule has 1 heterocycles. The zero-order valence-corrected chi connectivity index (χ0v) is 11.2. The number of furan rings is 1. The van der Waals surface area contributed by atoms with E-state index in [0.717, 1.165) is 5.56 Å². The molecular formula is C13H13BrO3. The molecule has 0 saturated carbocycles. The summed E-state index contributed by atoms with van der Waals surface area (Å²) in [7, 11) is 1.58. The van der Waals surface area contributed by atoms with Crippen LogP contribution in [0.5, 0.6) is 5.75 Å². The third kappa shape index (κ3) is 2.53. The average Bonchev–Trinajstić information content (AvgIpc) is 2.75. The Balaban J connectivity index is 2.42. The van der Waals surface area contributed by atoms with Crippen molar-refractivity contribution in [2.45, 2.75) is 13.0 Å². The zero-order valence-electron chi connectivity index (χ0n) is 9.61. The highest BCUT2D eigenvalue weighted by Gasteiger charge is 2.18. The van der Waals surface area contributed by atoms with Gasteiger partial charge in [-0.05, 0) is 47.1 Å². The molecule has 0 saturated heterocycles. The second kappa shape index (κ2) is 4.94. The Kier molecular flexibility index (Phi) is 3.54. The molecule has 1 atom stereocenters. The highest BCUT2D eigenvalue weighted by molar-refractivity contribution is 9.10. The molecule has 0 aliphatic carbocycles. The van der Waals surface area contributed by atoms with E-state index in [2.05, 4.69) is 15.9 Å². The molecule has 1 unspecified atom stereocenters. The van der Waals surface area contributed by atoms with Gasteiger partial charge < -0.3 is 14.3 Å². The lowest BCUT2D eigenvalue weighted by Gasteiger charge is -2.13. The number of rotatable bonds is 3. The minimum Gasteiger partial charge on any atom is -0.496 e. The van der Waals surface area contributed by atoms with Gasteiger partial charge in [0.1, 0.15) is 17.6 Å². The summed E-state index contributed by atoms with van der Waals surface area (Å²) in [5.41, 5.74) is 1.76. The predicted octanol–water partition coefficient (Wildman–Crippen LogP) is 3.44. The fraction of sp³-hybridized carbons (Fsp3) is 0.231. The summed E-state index contributed by atoms with van der Waals surface area (Å²) in [5.74, 6) is 1.14. The first-order chi connectivity index (χ1) is 8.11. The van der Waals surface area contributed by atoms with Gasteiger partial charge in [0, 0.05) is 5.56 Å². The second-order valence-electron chi connectivity index (χ2n) is 3.79. The molecule has 2 rings (SSSR count). The number of hydrogen-bond donors (Lipinski definition) is 1. The van der Waals surface area contributed by atoms with Crippen LogP contribution in [0, 0.1) is 6.92 Å². The molecule has 0 aliphatic rings. The van der Waals surface area contributed by atoms with Crippen molar-refractivity contribution in [1.82, 2.24) is 0 Å². The Morgan fingerprint density at radius 3 is 2.65 bits per heavy atom. The molecule has 90 valence electrons. The molecule has 4 heteroatoms. The van der Waals surface area contributed by atoms with E-state index in [1.807, 2.05) is 25.1 Å². The number of halogens is 1. The number of ether oxygens (including phenoxy) is 1. The molecule has 1 N–H and O–H groups in total. The van der Waals surface area contributed by atoms with Crippen LogP contribution in [0.4, 0.5) is 0 Å². The van der Waals surface area contributed by atoms with Crippen molar-refractivity contribution in [3.63, 3.8) is 0 Å². The van der Waals surface area contributed by atoms with E-state index >= 15 is 0 Å². The summed E-state index contributed by atoms with van der Waals surface area (Å²) in [6.45, 7) is 1.97. The SMILES string of the molecule is COc1ccc(C)cc1C(O)c1ccc(Br)o1. The minimum atomic E-state index is -0.823. The summed E-state index contributed by atoms with van der Waals surface area (Å²) in [6, 6.07) is 9.15. The van der Waals surface area contributed by atoms with E-state index in [9.17, 15) is 5.11 Å². The lowest BCUT2D eigenvalue weighted by molar-refractivity contribution is 0.183. The van der Waals surface area contributed by atoms with Crippen LogP contribution in [0.15, 0.2) is 39.4 Å². The molecule has 0 amide bonds. The third-order valence-electron chi connectivity index (χ3n) is 2.54. The summed E-state index contributed by atoms with van der Waals surface area (Å²) in [6.07, 6.45) is -0.823. The molecule has 17 heavy (non-hydrogen) atoms. The smallest absolute Gasteiger partial charge is 0.169 e. The van der Waals surface area contributed by atoms with Gasteiger partial charge >= 0.3 is 0 Å². The van der Waals surface area contributed by atoms with Gasteiger partial charge in [-0.15, -0.1) is 0 Å². The highest BCUT2D eigenvalue weighted by Crippen LogP contribution is 2.32. The van der Waals surface area contributed by atoms with Crippen molar-refractivity contribution < 1.29 is 14.3 Å². The molecule has 1 aromatic heterocycles. The normalized spacial score (nSPS) is 12.5. The lowest BCUT2D eigenvalue weighted by atomic mass is 10.0. The molecule has 0 aliphatic heterocycles. The maximum Gasteiger partial charge on any atom is 0.169 e. The monoisotopic (exact) mass is 296 g/mol. The average molecular weight is 297 g/mol. The number of aryl methyl sites for hydroxylation is 1. The maximum absolute atomic E-state index is 10.2. The minimum absolute atomic E-state index is 0.487. The topological polar surface area (TPSA) is 42.6 Å². The Labute approximate surface area is 108 Å². The van der Waals surface area contributed by atoms with Crippen LogP contribution in [0.25, 0.3) is 0 Å². The summed E-state index contributed by atoms with van der Waals surface area (Å²) >= 11 is 3.21. The lowest BCUT2D eigenvalue weighted by Crippen LogP contribution is -2.01. The second-order valence-corrected chi connectivity index (χ2v) is 4.57. The Morgan fingerprint density at radius 1 is 1.29 bits per heavy atom. The van der Waals surface area contributed by atoms with Gasteiger partial charge in [0.2, 0.25) is 0 Å². The van der Waals surface area contributed by atoms with Gasteiger partial charge in [0.05, 0.1) is 7.11 Å². The van der Waals surface area contributed by atoms with Crippen LogP contribution >= 0.6 is 15.9 Å². The first-order valence-corrected chi connectivity index (χ1v) is 5.99. The Hall–Kier alpha value is -1.26. The maximum atomic E-state index is 10.2. The van der Waals surface area contributed by atoms with Gasteiger partial charge in [-0.2, -0.15) is 0 Å². The van der Waals surface area contributed by atoms with E-state index in [1.54, 1.807) is 19.2 Å². The molecule has 3 nitrogen and oxygen atoms in total. The van der Waals surface area contributed by atoms with Gasteiger partial charge in [-0.25, -0.2) is 0 Å². The van der Waals surface area contributed by atoms with Crippen molar-refractivity contribution in [1.29, 1.82) is 0 Å². The molecule has 2 aromatic rings. The van der Waals surface area contributed by atoms with Crippen LogP contribution in [0.1, 0.15) is 23.0 Å². The van der Waals surface area contributed by atoms with Crippen LogP contribution < -0.4 is 4.74 Å². The van der Waals surface area contributed by atoms with Crippen molar-refractivity contribution >= 4 is 15.9 Å². The summed E-state index contributed by atoms with van der Waals surface area (Å²) < 4.78 is 11.2.